The Labute approximate surface area is 195 Å². The van der Waals surface area contributed by atoms with Crippen LogP contribution in [0.5, 0.6) is 5.75 Å². The number of nitrogens with zero attached hydrogens (tertiary/aromatic N) is 1. The molecule has 0 bridgehead atoms. The van der Waals surface area contributed by atoms with E-state index in [1.54, 1.807) is 67.6 Å². The van der Waals surface area contributed by atoms with Gasteiger partial charge in [0, 0.05) is 17.2 Å². The number of nitro groups is 1. The SMILES string of the molecule is CC(=O)c1ccc(OCC(=O)OC(C(=O)Nc2ccc(C)cc2[N+](=O)[O-])c2ccccc2)cc1. The third-order valence-corrected chi connectivity index (χ3v) is 4.82. The first-order valence-electron chi connectivity index (χ1n) is 10.3. The van der Waals surface area contributed by atoms with Gasteiger partial charge in [0.2, 0.25) is 6.10 Å². The van der Waals surface area contributed by atoms with E-state index in [9.17, 15) is 24.5 Å². The number of benzene rings is 3. The van der Waals surface area contributed by atoms with E-state index >= 15 is 0 Å². The molecule has 0 fully saturated rings. The summed E-state index contributed by atoms with van der Waals surface area (Å²) in [5, 5.41) is 13.9. The molecule has 1 atom stereocenters. The van der Waals surface area contributed by atoms with Crippen LogP contribution in [0.15, 0.2) is 72.8 Å². The van der Waals surface area contributed by atoms with E-state index in [4.69, 9.17) is 9.47 Å². The van der Waals surface area contributed by atoms with Gasteiger partial charge in [-0.3, -0.25) is 19.7 Å². The number of nitrogens with one attached hydrogen (secondary N) is 1. The van der Waals surface area contributed by atoms with E-state index < -0.39 is 29.5 Å². The number of nitro benzene ring substituents is 1. The predicted octanol–water partition coefficient (Wildman–Crippen LogP) is 4.41. The summed E-state index contributed by atoms with van der Waals surface area (Å²) in [7, 11) is 0. The van der Waals surface area contributed by atoms with Crippen molar-refractivity contribution in [1.82, 2.24) is 0 Å². The topological polar surface area (TPSA) is 125 Å². The van der Waals surface area contributed by atoms with Crippen molar-refractivity contribution in [3.05, 3.63) is 99.6 Å². The van der Waals surface area contributed by atoms with Crippen molar-refractivity contribution < 1.29 is 28.8 Å². The number of carbonyl (C=O) groups excluding carboxylic acids is 3. The molecule has 9 nitrogen and oxygen atoms in total. The number of hydrogen-bond acceptors (Lipinski definition) is 7. The zero-order valence-electron chi connectivity index (χ0n) is 18.5. The Morgan fingerprint density at radius 1 is 1.00 bits per heavy atom. The molecular weight excluding hydrogens is 440 g/mol. The van der Waals surface area contributed by atoms with Crippen LogP contribution in [0.3, 0.4) is 0 Å². The number of ketones is 1. The van der Waals surface area contributed by atoms with Crippen LogP contribution in [0.2, 0.25) is 0 Å². The summed E-state index contributed by atoms with van der Waals surface area (Å²) in [6.07, 6.45) is -1.36. The van der Waals surface area contributed by atoms with Gasteiger partial charge in [0.1, 0.15) is 11.4 Å². The van der Waals surface area contributed by atoms with Gasteiger partial charge >= 0.3 is 5.97 Å². The zero-order valence-corrected chi connectivity index (χ0v) is 18.5. The van der Waals surface area contributed by atoms with Crippen LogP contribution in [-0.2, 0) is 14.3 Å². The van der Waals surface area contributed by atoms with Crippen molar-refractivity contribution >= 4 is 29.0 Å². The summed E-state index contributed by atoms with van der Waals surface area (Å²) in [5.74, 6) is -1.33. The summed E-state index contributed by atoms with van der Waals surface area (Å²) in [5.41, 5.74) is 1.25. The smallest absolute Gasteiger partial charge is 0.345 e. The highest BCUT2D eigenvalue weighted by Gasteiger charge is 2.27. The summed E-state index contributed by atoms with van der Waals surface area (Å²) in [6, 6.07) is 18.9. The van der Waals surface area contributed by atoms with Gasteiger partial charge in [0.25, 0.3) is 11.6 Å². The van der Waals surface area contributed by atoms with Gasteiger partial charge in [0.15, 0.2) is 12.4 Å². The van der Waals surface area contributed by atoms with Gasteiger partial charge in [-0.25, -0.2) is 4.79 Å². The summed E-state index contributed by atoms with van der Waals surface area (Å²) < 4.78 is 10.8. The van der Waals surface area contributed by atoms with Crippen molar-refractivity contribution in [2.24, 2.45) is 0 Å². The highest BCUT2D eigenvalue weighted by atomic mass is 16.6. The number of rotatable bonds is 9. The van der Waals surface area contributed by atoms with E-state index in [1.807, 2.05) is 0 Å². The van der Waals surface area contributed by atoms with Crippen LogP contribution in [-0.4, -0.2) is 29.2 Å². The molecule has 3 aromatic carbocycles. The Bertz CT molecular complexity index is 1210. The quantitative estimate of drug-likeness (QED) is 0.216. The van der Waals surface area contributed by atoms with E-state index in [1.165, 1.54) is 19.1 Å². The number of carbonyl (C=O) groups is 3. The first-order chi connectivity index (χ1) is 16.2. The molecule has 0 saturated carbocycles. The number of aryl methyl sites for hydroxylation is 1. The molecule has 1 N–H and O–H groups in total. The molecule has 3 aromatic rings. The molecule has 174 valence electrons. The minimum atomic E-state index is -1.36. The molecule has 0 radical (unpaired) electrons. The van der Waals surface area contributed by atoms with Crippen molar-refractivity contribution in [3.8, 4) is 5.75 Å². The van der Waals surface area contributed by atoms with Crippen LogP contribution >= 0.6 is 0 Å². The fourth-order valence-corrected chi connectivity index (χ4v) is 3.09. The molecule has 1 unspecified atom stereocenters. The molecule has 0 spiro atoms. The Morgan fingerprint density at radius 3 is 2.29 bits per heavy atom. The van der Waals surface area contributed by atoms with Gasteiger partial charge in [-0.05, 0) is 49.7 Å². The van der Waals surface area contributed by atoms with Crippen LogP contribution in [0.4, 0.5) is 11.4 Å². The third-order valence-electron chi connectivity index (χ3n) is 4.82. The van der Waals surface area contributed by atoms with Gasteiger partial charge < -0.3 is 14.8 Å². The molecule has 34 heavy (non-hydrogen) atoms. The molecule has 9 heteroatoms. The maximum atomic E-state index is 13.0. The molecule has 3 rings (SSSR count). The van der Waals surface area contributed by atoms with Crippen molar-refractivity contribution in [2.75, 3.05) is 11.9 Å². The van der Waals surface area contributed by atoms with Crippen molar-refractivity contribution in [2.45, 2.75) is 20.0 Å². The lowest BCUT2D eigenvalue weighted by Crippen LogP contribution is -2.28. The molecular formula is C25H22N2O7. The van der Waals surface area contributed by atoms with E-state index in [-0.39, 0.29) is 17.2 Å². The Hall–Kier alpha value is -4.53. The molecule has 0 aliphatic carbocycles. The highest BCUT2D eigenvalue weighted by molar-refractivity contribution is 5.98. The molecule has 0 aliphatic rings. The number of ether oxygens (including phenoxy) is 2. The largest absolute Gasteiger partial charge is 0.482 e. The second-order valence-electron chi connectivity index (χ2n) is 7.42. The van der Waals surface area contributed by atoms with Crippen LogP contribution in [0.25, 0.3) is 0 Å². The standard InChI is InChI=1S/C25H22N2O7/c1-16-8-13-21(22(14-16)27(31)32)26-25(30)24(19-6-4-3-5-7-19)34-23(29)15-33-20-11-9-18(10-12-20)17(2)28/h3-14,24H,15H2,1-2H3,(H,26,30). The fourth-order valence-electron chi connectivity index (χ4n) is 3.09. The predicted molar refractivity (Wildman–Crippen MR) is 124 cm³/mol. The van der Waals surface area contributed by atoms with Gasteiger partial charge in [0.05, 0.1) is 4.92 Å². The van der Waals surface area contributed by atoms with E-state index in [2.05, 4.69) is 5.32 Å². The zero-order chi connectivity index (χ0) is 24.7. The second-order valence-corrected chi connectivity index (χ2v) is 7.42. The number of Topliss-reactive ketones (excluding diaryl/α,β-unsaturated/α-hetero) is 1. The van der Waals surface area contributed by atoms with Crippen LogP contribution < -0.4 is 10.1 Å². The molecule has 0 saturated heterocycles. The Morgan fingerprint density at radius 2 is 1.68 bits per heavy atom. The third kappa shape index (κ3) is 6.26. The van der Waals surface area contributed by atoms with Gasteiger partial charge in [-0.15, -0.1) is 0 Å². The van der Waals surface area contributed by atoms with Crippen molar-refractivity contribution in [1.29, 1.82) is 0 Å². The minimum absolute atomic E-state index is 0.0145. The lowest BCUT2D eigenvalue weighted by molar-refractivity contribution is -0.384. The van der Waals surface area contributed by atoms with Crippen molar-refractivity contribution in [3.63, 3.8) is 0 Å². The van der Waals surface area contributed by atoms with Crippen LogP contribution in [0.1, 0.15) is 34.5 Å². The first-order valence-corrected chi connectivity index (χ1v) is 10.3. The Kier molecular flexibility index (Phi) is 7.71. The summed E-state index contributed by atoms with van der Waals surface area (Å²) in [6.45, 7) is 2.65. The lowest BCUT2D eigenvalue weighted by Gasteiger charge is -2.18. The summed E-state index contributed by atoms with van der Waals surface area (Å²) in [4.78, 5) is 47.6. The maximum absolute atomic E-state index is 13.0. The molecule has 0 aliphatic heterocycles. The molecule has 1 amide bonds. The number of anilines is 1. The maximum Gasteiger partial charge on any atom is 0.345 e. The second kappa shape index (κ2) is 10.9. The normalized spacial score (nSPS) is 11.2. The summed E-state index contributed by atoms with van der Waals surface area (Å²) >= 11 is 0. The highest BCUT2D eigenvalue weighted by Crippen LogP contribution is 2.28. The monoisotopic (exact) mass is 462 g/mol. The number of amides is 1. The number of esters is 1. The van der Waals surface area contributed by atoms with E-state index in [0.717, 1.165) is 0 Å². The Balaban J connectivity index is 1.74. The average molecular weight is 462 g/mol. The minimum Gasteiger partial charge on any atom is -0.482 e. The molecule has 0 heterocycles. The fraction of sp³-hybridized carbons (Fsp3) is 0.160. The van der Waals surface area contributed by atoms with E-state index in [0.29, 0.717) is 22.4 Å². The van der Waals surface area contributed by atoms with Crippen LogP contribution in [0, 0.1) is 17.0 Å². The van der Waals surface area contributed by atoms with Gasteiger partial charge in [-0.1, -0.05) is 36.4 Å². The number of hydrogen-bond donors (Lipinski definition) is 1. The lowest BCUT2D eigenvalue weighted by atomic mass is 10.1. The van der Waals surface area contributed by atoms with Gasteiger partial charge in [-0.2, -0.15) is 0 Å². The first kappa shape index (κ1) is 24.1. The molecule has 0 aromatic heterocycles. The average Bonchev–Trinajstić information content (AvgIpc) is 2.83.